The van der Waals surface area contributed by atoms with Crippen molar-refractivity contribution in [2.24, 2.45) is 0 Å². The van der Waals surface area contributed by atoms with Gasteiger partial charge in [0.25, 0.3) is 0 Å². The van der Waals surface area contributed by atoms with Gasteiger partial charge in [0.2, 0.25) is 5.91 Å². The van der Waals surface area contributed by atoms with E-state index in [9.17, 15) is 9.90 Å². The third kappa shape index (κ3) is 3.92. The lowest BCUT2D eigenvalue weighted by Crippen LogP contribution is -2.43. The van der Waals surface area contributed by atoms with Crippen molar-refractivity contribution in [2.45, 2.75) is 12.0 Å². The van der Waals surface area contributed by atoms with Gasteiger partial charge in [-0.3, -0.25) is 4.79 Å². The van der Waals surface area contributed by atoms with Gasteiger partial charge in [0.05, 0.1) is 12.1 Å². The van der Waals surface area contributed by atoms with Gasteiger partial charge >= 0.3 is 0 Å². The summed E-state index contributed by atoms with van der Waals surface area (Å²) in [5, 5.41) is 10.4. The lowest BCUT2D eigenvalue weighted by atomic mass is 10.0. The Morgan fingerprint density at radius 3 is 2.75 bits per heavy atom. The van der Waals surface area contributed by atoms with E-state index < -0.39 is 5.60 Å². The molecule has 1 fully saturated rings. The van der Waals surface area contributed by atoms with Crippen LogP contribution in [0.5, 0.6) is 0 Å². The van der Waals surface area contributed by atoms with Crippen molar-refractivity contribution in [1.82, 2.24) is 9.80 Å². The van der Waals surface area contributed by atoms with Crippen molar-refractivity contribution in [2.75, 3.05) is 33.7 Å². The molecule has 1 heterocycles. The molecule has 0 aromatic heterocycles. The topological polar surface area (TPSA) is 43.8 Å². The van der Waals surface area contributed by atoms with Crippen LogP contribution in [0, 0.1) is 0 Å². The molecular formula is C16H22N2O2. The summed E-state index contributed by atoms with van der Waals surface area (Å²) >= 11 is 0. The lowest BCUT2D eigenvalue weighted by Gasteiger charge is -2.26. The van der Waals surface area contributed by atoms with E-state index in [1.165, 1.54) is 0 Å². The van der Waals surface area contributed by atoms with Crippen LogP contribution in [-0.4, -0.2) is 60.1 Å². The maximum Gasteiger partial charge on any atom is 0.246 e. The third-order valence-corrected chi connectivity index (χ3v) is 3.47. The van der Waals surface area contributed by atoms with E-state index in [0.717, 1.165) is 5.56 Å². The highest BCUT2D eigenvalue weighted by Gasteiger charge is 2.37. The highest BCUT2D eigenvalue weighted by atomic mass is 16.3. The first kappa shape index (κ1) is 14.8. The number of hydrogen-bond donors (Lipinski definition) is 1. The number of β-amino-alcohol motifs (C(OH)–C–C–N with tert-alkyl or cyclic N) is 1. The second-order valence-corrected chi connectivity index (χ2v) is 5.72. The van der Waals surface area contributed by atoms with Gasteiger partial charge in [-0.2, -0.15) is 0 Å². The summed E-state index contributed by atoms with van der Waals surface area (Å²) in [5.74, 6) is -0.0384. The van der Waals surface area contributed by atoms with Gasteiger partial charge in [-0.25, -0.2) is 0 Å². The van der Waals surface area contributed by atoms with Gasteiger partial charge in [-0.15, -0.1) is 0 Å². The maximum absolute atomic E-state index is 12.1. The van der Waals surface area contributed by atoms with Crippen molar-refractivity contribution in [3.63, 3.8) is 0 Å². The number of aliphatic hydroxyl groups is 1. The SMILES string of the molecule is CN(C)CC1(O)CCN(C(=O)/C=C/c2ccccc2)C1. The quantitative estimate of drug-likeness (QED) is 0.840. The van der Waals surface area contributed by atoms with Crippen LogP contribution in [0.25, 0.3) is 6.08 Å². The summed E-state index contributed by atoms with van der Waals surface area (Å²) in [6.45, 7) is 1.60. The molecule has 0 bridgehead atoms. The molecule has 20 heavy (non-hydrogen) atoms. The predicted molar refractivity (Wildman–Crippen MR) is 80.2 cm³/mol. The first-order valence-corrected chi connectivity index (χ1v) is 6.88. The molecule has 1 aromatic rings. The molecule has 1 N–H and O–H groups in total. The Morgan fingerprint density at radius 1 is 1.40 bits per heavy atom. The van der Waals surface area contributed by atoms with E-state index in [1.54, 1.807) is 11.0 Å². The van der Waals surface area contributed by atoms with Crippen molar-refractivity contribution in [3.05, 3.63) is 42.0 Å². The van der Waals surface area contributed by atoms with Crippen LogP contribution in [0.3, 0.4) is 0 Å². The van der Waals surface area contributed by atoms with E-state index >= 15 is 0 Å². The Balaban J connectivity index is 1.93. The Bertz CT molecular complexity index is 485. The van der Waals surface area contributed by atoms with Gasteiger partial charge in [0.1, 0.15) is 0 Å². The molecular weight excluding hydrogens is 252 g/mol. The van der Waals surface area contributed by atoms with Crippen LogP contribution in [-0.2, 0) is 4.79 Å². The summed E-state index contributed by atoms with van der Waals surface area (Å²) < 4.78 is 0. The number of rotatable bonds is 4. The van der Waals surface area contributed by atoms with E-state index in [0.29, 0.717) is 26.1 Å². The minimum absolute atomic E-state index is 0.0384. The van der Waals surface area contributed by atoms with Crippen LogP contribution in [0.4, 0.5) is 0 Å². The van der Waals surface area contributed by atoms with Gasteiger partial charge in [-0.05, 0) is 32.2 Å². The van der Waals surface area contributed by atoms with Gasteiger partial charge in [0, 0.05) is 19.2 Å². The predicted octanol–water partition coefficient (Wildman–Crippen LogP) is 1.22. The minimum atomic E-state index is -0.778. The van der Waals surface area contributed by atoms with Crippen LogP contribution < -0.4 is 0 Å². The molecule has 1 atom stereocenters. The molecule has 0 spiro atoms. The van der Waals surface area contributed by atoms with Crippen molar-refractivity contribution in [3.8, 4) is 0 Å². The fourth-order valence-corrected chi connectivity index (χ4v) is 2.60. The zero-order valence-corrected chi connectivity index (χ0v) is 12.1. The minimum Gasteiger partial charge on any atom is -0.387 e. The molecule has 1 aliphatic heterocycles. The first-order valence-electron chi connectivity index (χ1n) is 6.88. The normalized spacial score (nSPS) is 22.9. The number of nitrogens with zero attached hydrogens (tertiary/aromatic N) is 2. The third-order valence-electron chi connectivity index (χ3n) is 3.47. The maximum atomic E-state index is 12.1. The van der Waals surface area contributed by atoms with Crippen molar-refractivity contribution >= 4 is 12.0 Å². The molecule has 1 aromatic carbocycles. The van der Waals surface area contributed by atoms with Crippen LogP contribution >= 0.6 is 0 Å². The Morgan fingerprint density at radius 2 is 2.10 bits per heavy atom. The average molecular weight is 274 g/mol. The second-order valence-electron chi connectivity index (χ2n) is 5.72. The summed E-state index contributed by atoms with van der Waals surface area (Å²) in [5.41, 5.74) is 0.225. The molecule has 2 rings (SSSR count). The lowest BCUT2D eigenvalue weighted by molar-refractivity contribution is -0.126. The number of carbonyl (C=O) groups is 1. The number of amides is 1. The van der Waals surface area contributed by atoms with Gasteiger partial charge in [-0.1, -0.05) is 30.3 Å². The monoisotopic (exact) mass is 274 g/mol. The zero-order chi connectivity index (χ0) is 14.6. The fourth-order valence-electron chi connectivity index (χ4n) is 2.60. The molecule has 0 saturated carbocycles. The fraction of sp³-hybridized carbons (Fsp3) is 0.438. The Kier molecular flexibility index (Phi) is 4.57. The molecule has 1 amide bonds. The highest BCUT2D eigenvalue weighted by Crippen LogP contribution is 2.22. The second kappa shape index (κ2) is 6.20. The van der Waals surface area contributed by atoms with Gasteiger partial charge in [0.15, 0.2) is 0 Å². The Hall–Kier alpha value is -1.65. The summed E-state index contributed by atoms with van der Waals surface area (Å²) in [6, 6.07) is 9.74. The van der Waals surface area contributed by atoms with E-state index in [1.807, 2.05) is 55.4 Å². The molecule has 0 aliphatic carbocycles. The molecule has 0 radical (unpaired) electrons. The van der Waals surface area contributed by atoms with Crippen molar-refractivity contribution in [1.29, 1.82) is 0 Å². The van der Waals surface area contributed by atoms with E-state index in [4.69, 9.17) is 0 Å². The standard InChI is InChI=1S/C16H22N2O2/c1-17(2)12-16(20)10-11-18(13-16)15(19)9-8-14-6-4-3-5-7-14/h3-9,20H,10-13H2,1-2H3/b9-8+. The Labute approximate surface area is 120 Å². The number of likely N-dealkylation sites (tertiary alicyclic amines) is 1. The molecule has 108 valence electrons. The van der Waals surface area contributed by atoms with Crippen LogP contribution in [0.2, 0.25) is 0 Å². The summed E-state index contributed by atoms with van der Waals surface area (Å²) in [6.07, 6.45) is 4.03. The number of hydrogen-bond acceptors (Lipinski definition) is 3. The summed E-state index contributed by atoms with van der Waals surface area (Å²) in [7, 11) is 3.86. The largest absolute Gasteiger partial charge is 0.387 e. The smallest absolute Gasteiger partial charge is 0.246 e. The number of carbonyl (C=O) groups excluding carboxylic acids is 1. The molecule has 4 nitrogen and oxygen atoms in total. The van der Waals surface area contributed by atoms with E-state index in [2.05, 4.69) is 0 Å². The van der Waals surface area contributed by atoms with E-state index in [-0.39, 0.29) is 5.91 Å². The zero-order valence-electron chi connectivity index (χ0n) is 12.1. The van der Waals surface area contributed by atoms with Crippen LogP contribution in [0.1, 0.15) is 12.0 Å². The molecule has 1 unspecified atom stereocenters. The summed E-state index contributed by atoms with van der Waals surface area (Å²) in [4.78, 5) is 15.8. The molecule has 4 heteroatoms. The van der Waals surface area contributed by atoms with Gasteiger partial charge < -0.3 is 14.9 Å². The number of likely N-dealkylation sites (N-methyl/N-ethyl adjacent to an activating group) is 1. The molecule has 1 saturated heterocycles. The number of benzene rings is 1. The first-order chi connectivity index (χ1) is 9.48. The molecule has 1 aliphatic rings. The average Bonchev–Trinajstić information content (AvgIpc) is 2.78. The van der Waals surface area contributed by atoms with Crippen LogP contribution in [0.15, 0.2) is 36.4 Å². The highest BCUT2D eigenvalue weighted by molar-refractivity contribution is 5.92. The van der Waals surface area contributed by atoms with Crippen molar-refractivity contribution < 1.29 is 9.90 Å².